The SMILES string of the molecule is NS(=O)(=O)CCNc1ccc(F)cc1C(=O)O. The van der Waals surface area contributed by atoms with Gasteiger partial charge in [0, 0.05) is 12.2 Å². The highest BCUT2D eigenvalue weighted by atomic mass is 32.2. The highest BCUT2D eigenvalue weighted by molar-refractivity contribution is 7.89. The van der Waals surface area contributed by atoms with Gasteiger partial charge in [-0.2, -0.15) is 0 Å². The van der Waals surface area contributed by atoms with Gasteiger partial charge >= 0.3 is 5.97 Å². The molecule has 0 spiro atoms. The van der Waals surface area contributed by atoms with Crippen LogP contribution in [0.15, 0.2) is 18.2 Å². The molecule has 1 aromatic rings. The number of sulfonamides is 1. The Kier molecular flexibility index (Phi) is 4.02. The van der Waals surface area contributed by atoms with Crippen molar-refractivity contribution in [2.75, 3.05) is 17.6 Å². The van der Waals surface area contributed by atoms with Gasteiger partial charge in [0.1, 0.15) is 5.82 Å². The molecule has 0 aliphatic rings. The Balaban J connectivity index is 2.81. The van der Waals surface area contributed by atoms with E-state index in [-0.39, 0.29) is 23.5 Å². The topological polar surface area (TPSA) is 109 Å². The Morgan fingerprint density at radius 1 is 1.47 bits per heavy atom. The molecular formula is C9H11FN2O4S. The predicted molar refractivity (Wildman–Crippen MR) is 59.8 cm³/mol. The number of hydrogen-bond donors (Lipinski definition) is 3. The van der Waals surface area contributed by atoms with E-state index in [0.717, 1.165) is 12.1 Å². The maximum Gasteiger partial charge on any atom is 0.337 e. The molecule has 0 saturated carbocycles. The van der Waals surface area contributed by atoms with E-state index >= 15 is 0 Å². The van der Waals surface area contributed by atoms with Gasteiger partial charge < -0.3 is 10.4 Å². The van der Waals surface area contributed by atoms with E-state index in [1.165, 1.54) is 6.07 Å². The van der Waals surface area contributed by atoms with Gasteiger partial charge in [-0.3, -0.25) is 0 Å². The molecule has 0 atom stereocenters. The first-order valence-corrected chi connectivity index (χ1v) is 6.28. The minimum atomic E-state index is -3.62. The van der Waals surface area contributed by atoms with Gasteiger partial charge in [-0.05, 0) is 18.2 Å². The van der Waals surface area contributed by atoms with E-state index in [1.807, 2.05) is 0 Å². The van der Waals surface area contributed by atoms with Gasteiger partial charge in [-0.25, -0.2) is 22.7 Å². The normalized spacial score (nSPS) is 11.2. The van der Waals surface area contributed by atoms with Gasteiger partial charge in [0.05, 0.1) is 11.3 Å². The van der Waals surface area contributed by atoms with Gasteiger partial charge in [0.2, 0.25) is 10.0 Å². The predicted octanol–water partition coefficient (Wildman–Crippen LogP) is 0.224. The van der Waals surface area contributed by atoms with Crippen LogP contribution in [0.5, 0.6) is 0 Å². The Morgan fingerprint density at radius 2 is 2.12 bits per heavy atom. The minimum absolute atomic E-state index is 0.0508. The van der Waals surface area contributed by atoms with E-state index in [1.54, 1.807) is 0 Å². The van der Waals surface area contributed by atoms with Crippen molar-refractivity contribution in [2.24, 2.45) is 5.14 Å². The first kappa shape index (κ1) is 13.4. The molecular weight excluding hydrogens is 251 g/mol. The van der Waals surface area contributed by atoms with Crippen LogP contribution in [-0.4, -0.2) is 31.8 Å². The summed E-state index contributed by atoms with van der Waals surface area (Å²) in [6, 6.07) is 3.15. The lowest BCUT2D eigenvalue weighted by Gasteiger charge is -2.08. The highest BCUT2D eigenvalue weighted by Gasteiger charge is 2.11. The molecule has 0 saturated heterocycles. The first-order chi connectivity index (χ1) is 7.79. The number of anilines is 1. The lowest BCUT2D eigenvalue weighted by atomic mass is 10.1. The van der Waals surface area contributed by atoms with Crippen molar-refractivity contribution in [1.82, 2.24) is 0 Å². The molecule has 0 aliphatic heterocycles. The third kappa shape index (κ3) is 4.37. The second kappa shape index (κ2) is 5.11. The Hall–Kier alpha value is -1.67. The maximum atomic E-state index is 12.8. The summed E-state index contributed by atoms with van der Waals surface area (Å²) in [7, 11) is -3.62. The Morgan fingerprint density at radius 3 is 2.65 bits per heavy atom. The highest BCUT2D eigenvalue weighted by Crippen LogP contribution is 2.16. The largest absolute Gasteiger partial charge is 0.478 e. The van der Waals surface area contributed by atoms with Crippen molar-refractivity contribution < 1.29 is 22.7 Å². The standard InChI is InChI=1S/C9H11FN2O4S/c10-6-1-2-8(7(5-6)9(13)14)12-3-4-17(11,15)16/h1-2,5,12H,3-4H2,(H,13,14)(H2,11,15,16). The smallest absolute Gasteiger partial charge is 0.337 e. The molecule has 0 aliphatic carbocycles. The van der Waals surface area contributed by atoms with Crippen LogP contribution in [0.1, 0.15) is 10.4 Å². The van der Waals surface area contributed by atoms with Gasteiger partial charge in [-0.15, -0.1) is 0 Å². The average molecular weight is 262 g/mol. The average Bonchev–Trinajstić information content (AvgIpc) is 2.18. The van der Waals surface area contributed by atoms with E-state index < -0.39 is 21.8 Å². The van der Waals surface area contributed by atoms with Crippen molar-refractivity contribution in [3.05, 3.63) is 29.6 Å². The zero-order valence-electron chi connectivity index (χ0n) is 8.68. The molecule has 94 valence electrons. The zero-order valence-corrected chi connectivity index (χ0v) is 9.50. The molecule has 0 heterocycles. The van der Waals surface area contributed by atoms with E-state index in [2.05, 4.69) is 5.32 Å². The van der Waals surface area contributed by atoms with Crippen LogP contribution < -0.4 is 10.5 Å². The van der Waals surface area contributed by atoms with Crippen LogP contribution in [0.4, 0.5) is 10.1 Å². The van der Waals surface area contributed by atoms with E-state index in [9.17, 15) is 17.6 Å². The molecule has 0 bridgehead atoms. The molecule has 17 heavy (non-hydrogen) atoms. The van der Waals surface area contributed by atoms with Crippen LogP contribution in [0.25, 0.3) is 0 Å². The number of benzene rings is 1. The summed E-state index contributed by atoms with van der Waals surface area (Å²) in [4.78, 5) is 10.8. The number of carboxylic acids is 1. The fourth-order valence-electron chi connectivity index (χ4n) is 1.18. The Bertz CT molecular complexity index is 530. The van der Waals surface area contributed by atoms with E-state index in [4.69, 9.17) is 10.2 Å². The second-order valence-corrected chi connectivity index (χ2v) is 5.02. The van der Waals surface area contributed by atoms with Crippen LogP contribution >= 0.6 is 0 Å². The number of rotatable bonds is 5. The number of aromatic carboxylic acids is 1. The minimum Gasteiger partial charge on any atom is -0.478 e. The number of halogens is 1. The molecule has 0 unspecified atom stereocenters. The number of hydrogen-bond acceptors (Lipinski definition) is 4. The fourth-order valence-corrected chi connectivity index (χ4v) is 1.56. The molecule has 6 nitrogen and oxygen atoms in total. The van der Waals surface area contributed by atoms with Crippen molar-refractivity contribution in [3.8, 4) is 0 Å². The lowest BCUT2D eigenvalue weighted by molar-refractivity contribution is 0.0697. The number of carbonyl (C=O) groups is 1. The van der Waals surface area contributed by atoms with Crippen molar-refractivity contribution >= 4 is 21.7 Å². The summed E-state index contributed by atoms with van der Waals surface area (Å²) in [6.07, 6.45) is 0. The van der Waals surface area contributed by atoms with Crippen molar-refractivity contribution in [3.63, 3.8) is 0 Å². The maximum absolute atomic E-state index is 12.8. The number of nitrogens with one attached hydrogen (secondary N) is 1. The molecule has 0 fully saturated rings. The third-order valence-corrected chi connectivity index (χ3v) is 2.69. The molecule has 1 rings (SSSR count). The lowest BCUT2D eigenvalue weighted by Crippen LogP contribution is -2.23. The first-order valence-electron chi connectivity index (χ1n) is 4.57. The summed E-state index contributed by atoms with van der Waals surface area (Å²) >= 11 is 0. The number of carboxylic acid groups (broad SMARTS) is 1. The monoisotopic (exact) mass is 262 g/mol. The van der Waals surface area contributed by atoms with Crippen molar-refractivity contribution in [1.29, 1.82) is 0 Å². The molecule has 8 heteroatoms. The van der Waals surface area contributed by atoms with Crippen molar-refractivity contribution in [2.45, 2.75) is 0 Å². The zero-order chi connectivity index (χ0) is 13.1. The van der Waals surface area contributed by atoms with Crippen LogP contribution in [0.2, 0.25) is 0 Å². The third-order valence-electron chi connectivity index (χ3n) is 1.91. The summed E-state index contributed by atoms with van der Waals surface area (Å²) in [5.41, 5.74) is -0.123. The molecule has 0 amide bonds. The molecule has 0 radical (unpaired) electrons. The fraction of sp³-hybridized carbons (Fsp3) is 0.222. The van der Waals surface area contributed by atoms with Crippen LogP contribution in [0.3, 0.4) is 0 Å². The van der Waals surface area contributed by atoms with E-state index in [0.29, 0.717) is 0 Å². The van der Waals surface area contributed by atoms with Crippen LogP contribution in [0, 0.1) is 5.82 Å². The van der Waals surface area contributed by atoms with Gasteiger partial charge in [0.15, 0.2) is 0 Å². The van der Waals surface area contributed by atoms with Crippen LogP contribution in [-0.2, 0) is 10.0 Å². The second-order valence-electron chi connectivity index (χ2n) is 3.29. The molecule has 0 aromatic heterocycles. The summed E-state index contributed by atoms with van der Waals surface area (Å²) in [5.74, 6) is -2.33. The number of primary sulfonamides is 1. The summed E-state index contributed by atoms with van der Waals surface area (Å²) in [6.45, 7) is -0.0508. The number of nitrogens with two attached hydrogens (primary N) is 1. The summed E-state index contributed by atoms with van der Waals surface area (Å²) < 4.78 is 34.1. The molecule has 1 aromatic carbocycles. The van der Waals surface area contributed by atoms with Gasteiger partial charge in [-0.1, -0.05) is 0 Å². The van der Waals surface area contributed by atoms with Gasteiger partial charge in [0.25, 0.3) is 0 Å². The Labute approximate surface area is 97.3 Å². The quantitative estimate of drug-likeness (QED) is 0.703. The molecule has 4 N–H and O–H groups in total. The summed E-state index contributed by atoms with van der Waals surface area (Å²) in [5, 5.41) is 16.1.